The highest BCUT2D eigenvalue weighted by molar-refractivity contribution is 7.80. The molecule has 1 aromatic carbocycles. The van der Waals surface area contributed by atoms with Crippen LogP contribution in [0.4, 0.5) is 17.1 Å². The second-order valence-electron chi connectivity index (χ2n) is 3.55. The van der Waals surface area contributed by atoms with E-state index in [9.17, 15) is 0 Å². The average molecular weight is 337 g/mol. The molecule has 0 unspecified atom stereocenters. The standard InChI is InChI=1S/C10H10Cl2N4OS2/c1-17-3-2-13-10(18)14-7-5(11)4-6(12)8-9(7)16-19-15-8/h4H,2-3H2,1H3,(H2,13,14,18). The number of rotatable bonds is 4. The second kappa shape index (κ2) is 6.62. The van der Waals surface area contributed by atoms with E-state index in [0.717, 1.165) is 11.4 Å². The Balaban J connectivity index is 2.16. The fourth-order valence-corrected chi connectivity index (χ4v) is 2.78. The predicted molar refractivity (Wildman–Crippen MR) is 84.1 cm³/mol. The Labute approximate surface area is 129 Å². The lowest BCUT2D eigenvalue weighted by molar-refractivity contribution is 0.204. The van der Waals surface area contributed by atoms with Gasteiger partial charge in [0, 0.05) is 13.7 Å². The molecule has 1 aromatic rings. The van der Waals surface area contributed by atoms with E-state index in [1.165, 1.54) is 0 Å². The van der Waals surface area contributed by atoms with E-state index in [2.05, 4.69) is 19.4 Å². The fraction of sp³-hybridized carbons (Fsp3) is 0.300. The molecular formula is C10H10Cl2N4OS2. The molecule has 0 saturated carbocycles. The van der Waals surface area contributed by atoms with E-state index >= 15 is 0 Å². The van der Waals surface area contributed by atoms with Gasteiger partial charge in [0.15, 0.2) is 5.11 Å². The van der Waals surface area contributed by atoms with Crippen molar-refractivity contribution in [3.05, 3.63) is 16.1 Å². The van der Waals surface area contributed by atoms with Crippen molar-refractivity contribution in [1.29, 1.82) is 0 Å². The number of methoxy groups -OCH3 is 1. The Morgan fingerprint density at radius 1 is 1.37 bits per heavy atom. The highest BCUT2D eigenvalue weighted by atomic mass is 35.5. The normalized spacial score (nSPS) is 11.9. The lowest BCUT2D eigenvalue weighted by atomic mass is 10.2. The molecule has 0 aliphatic carbocycles. The number of benzene rings is 1. The lowest BCUT2D eigenvalue weighted by Gasteiger charge is -2.13. The summed E-state index contributed by atoms with van der Waals surface area (Å²) >= 11 is 18.4. The molecule has 0 saturated heterocycles. The van der Waals surface area contributed by atoms with E-state index in [0.29, 0.717) is 45.4 Å². The minimum absolute atomic E-state index is 0.440. The molecule has 2 N–H and O–H groups in total. The van der Waals surface area contributed by atoms with Crippen molar-refractivity contribution < 1.29 is 4.74 Å². The predicted octanol–water partition coefficient (Wildman–Crippen LogP) is 3.65. The van der Waals surface area contributed by atoms with Crippen LogP contribution < -0.4 is 10.6 Å². The van der Waals surface area contributed by atoms with Crippen molar-refractivity contribution >= 4 is 68.9 Å². The number of hydrogen-bond acceptors (Lipinski definition) is 4. The molecule has 0 atom stereocenters. The van der Waals surface area contributed by atoms with E-state index in [1.807, 2.05) is 0 Å². The number of halogens is 2. The Hall–Kier alpha value is -0.730. The third-order valence-electron chi connectivity index (χ3n) is 2.27. The van der Waals surface area contributed by atoms with Gasteiger partial charge < -0.3 is 15.4 Å². The van der Waals surface area contributed by atoms with Crippen LogP contribution in [0.1, 0.15) is 0 Å². The molecule has 102 valence electrons. The van der Waals surface area contributed by atoms with Gasteiger partial charge in [-0.2, -0.15) is 8.73 Å². The largest absolute Gasteiger partial charge is 0.383 e. The summed E-state index contributed by atoms with van der Waals surface area (Å²) in [5, 5.41) is 7.35. The van der Waals surface area contributed by atoms with Crippen molar-refractivity contribution in [2.45, 2.75) is 0 Å². The van der Waals surface area contributed by atoms with Crippen LogP contribution >= 0.6 is 35.4 Å². The highest BCUT2D eigenvalue weighted by Crippen LogP contribution is 2.47. The number of hydrogen-bond donors (Lipinski definition) is 2. The van der Waals surface area contributed by atoms with Crippen LogP contribution in [0.15, 0.2) is 14.8 Å². The summed E-state index contributed by atoms with van der Waals surface area (Å²) in [6, 6.07) is 1.62. The molecule has 9 heteroatoms. The van der Waals surface area contributed by atoms with E-state index in [4.69, 9.17) is 40.2 Å². The van der Waals surface area contributed by atoms with Gasteiger partial charge in [0.25, 0.3) is 0 Å². The van der Waals surface area contributed by atoms with Crippen molar-refractivity contribution in [1.82, 2.24) is 5.32 Å². The molecule has 1 heterocycles. The van der Waals surface area contributed by atoms with Crippen LogP contribution in [0, 0.1) is 0 Å². The first kappa shape index (κ1) is 14.7. The molecule has 2 rings (SSSR count). The molecule has 0 fully saturated rings. The van der Waals surface area contributed by atoms with Gasteiger partial charge in [-0.15, -0.1) is 0 Å². The summed E-state index contributed by atoms with van der Waals surface area (Å²) in [6.45, 7) is 1.16. The summed E-state index contributed by atoms with van der Waals surface area (Å²) in [5.41, 5.74) is 1.82. The second-order valence-corrected chi connectivity index (χ2v) is 5.30. The molecule has 0 aromatic heterocycles. The SMILES string of the molecule is COCCNC(=S)Nc1c(Cl)cc(Cl)c2c1N=S=N2. The number of nitrogens with one attached hydrogen (secondary N) is 2. The van der Waals surface area contributed by atoms with Gasteiger partial charge >= 0.3 is 0 Å². The smallest absolute Gasteiger partial charge is 0.170 e. The summed E-state index contributed by atoms with van der Waals surface area (Å²) in [5.74, 6) is 0. The Morgan fingerprint density at radius 2 is 2.11 bits per heavy atom. The van der Waals surface area contributed by atoms with E-state index < -0.39 is 0 Å². The van der Waals surface area contributed by atoms with Crippen LogP contribution in [0.3, 0.4) is 0 Å². The molecule has 0 amide bonds. The van der Waals surface area contributed by atoms with Gasteiger partial charge in [0.1, 0.15) is 11.4 Å². The van der Waals surface area contributed by atoms with Crippen molar-refractivity contribution in [2.75, 3.05) is 25.6 Å². The maximum Gasteiger partial charge on any atom is 0.170 e. The maximum atomic E-state index is 6.15. The molecular weight excluding hydrogens is 327 g/mol. The zero-order chi connectivity index (χ0) is 13.8. The number of fused-ring (bicyclic) bond motifs is 1. The van der Waals surface area contributed by atoms with Gasteiger partial charge in [0.05, 0.1) is 33.7 Å². The third kappa shape index (κ3) is 3.43. The minimum Gasteiger partial charge on any atom is -0.383 e. The first-order valence-corrected chi connectivity index (χ1v) is 7.17. The molecule has 19 heavy (non-hydrogen) atoms. The summed E-state index contributed by atoms with van der Waals surface area (Å²) < 4.78 is 13.2. The first-order chi connectivity index (χ1) is 9.13. The molecule has 1 aliphatic heterocycles. The number of anilines is 1. The number of ether oxygens (including phenoxy) is 1. The van der Waals surface area contributed by atoms with Crippen molar-refractivity contribution in [3.8, 4) is 0 Å². The summed E-state index contributed by atoms with van der Waals surface area (Å²) in [6.07, 6.45) is 0. The summed E-state index contributed by atoms with van der Waals surface area (Å²) in [7, 11) is 1.62. The Kier molecular flexibility index (Phi) is 5.12. The zero-order valence-electron chi connectivity index (χ0n) is 9.87. The van der Waals surface area contributed by atoms with Crippen molar-refractivity contribution in [2.24, 2.45) is 8.73 Å². The third-order valence-corrected chi connectivity index (χ3v) is 3.64. The van der Waals surface area contributed by atoms with Gasteiger partial charge in [-0.05, 0) is 18.3 Å². The highest BCUT2D eigenvalue weighted by Gasteiger charge is 2.19. The van der Waals surface area contributed by atoms with Crippen LogP contribution in [0.2, 0.25) is 10.0 Å². The van der Waals surface area contributed by atoms with Crippen LogP contribution in [0.25, 0.3) is 0 Å². The van der Waals surface area contributed by atoms with E-state index in [1.54, 1.807) is 13.2 Å². The zero-order valence-corrected chi connectivity index (χ0v) is 13.0. The lowest BCUT2D eigenvalue weighted by Crippen LogP contribution is -2.31. The molecule has 0 spiro atoms. The van der Waals surface area contributed by atoms with Gasteiger partial charge in [0.2, 0.25) is 0 Å². The molecule has 5 nitrogen and oxygen atoms in total. The quantitative estimate of drug-likeness (QED) is 0.660. The van der Waals surface area contributed by atoms with E-state index in [-0.39, 0.29) is 0 Å². The van der Waals surface area contributed by atoms with Crippen molar-refractivity contribution in [3.63, 3.8) is 0 Å². The molecule has 1 aliphatic rings. The first-order valence-electron chi connectivity index (χ1n) is 5.27. The fourth-order valence-electron chi connectivity index (χ4n) is 1.42. The molecule has 0 bridgehead atoms. The maximum absolute atomic E-state index is 6.15. The Bertz CT molecular complexity index is 587. The minimum atomic E-state index is 0.440. The van der Waals surface area contributed by atoms with Gasteiger partial charge in [-0.25, -0.2) is 0 Å². The van der Waals surface area contributed by atoms with Crippen LogP contribution in [-0.4, -0.2) is 25.4 Å². The Morgan fingerprint density at radius 3 is 2.84 bits per heavy atom. The van der Waals surface area contributed by atoms with Gasteiger partial charge in [-0.1, -0.05) is 23.2 Å². The monoisotopic (exact) mass is 336 g/mol. The van der Waals surface area contributed by atoms with Crippen LogP contribution in [0.5, 0.6) is 0 Å². The summed E-state index contributed by atoms with van der Waals surface area (Å²) in [4.78, 5) is 0. The average Bonchev–Trinajstić information content (AvgIpc) is 2.84. The number of nitrogens with zero attached hydrogens (tertiary/aromatic N) is 2. The molecule has 0 radical (unpaired) electrons. The number of thiocarbonyl (C=S) groups is 1. The van der Waals surface area contributed by atoms with Crippen LogP contribution in [-0.2, 0) is 16.1 Å². The van der Waals surface area contributed by atoms with Gasteiger partial charge in [-0.3, -0.25) is 0 Å². The topological polar surface area (TPSA) is 58.0 Å².